The van der Waals surface area contributed by atoms with E-state index in [1.165, 1.54) is 0 Å². The number of hydrogen-bond acceptors (Lipinski definition) is 5. The van der Waals surface area contributed by atoms with Crippen LogP contribution in [-0.2, 0) is 11.2 Å². The number of nitrogens with one attached hydrogen (secondary N) is 1. The number of ether oxygens (including phenoxy) is 2. The molecule has 1 unspecified atom stereocenters. The zero-order valence-corrected chi connectivity index (χ0v) is 16.6. The standard InChI is InChI=1S/C22H28N2O4/c1-15(25)13-23-14-19(26)24-12-11-16-9-10-18(27-2)22(28-3)20(16)21(24)17-7-5-4-6-8-17/h4-10,15,21,23,25H,11-14H2,1-3H3/t15-,21?/m1/s1. The van der Waals surface area contributed by atoms with E-state index < -0.39 is 6.10 Å². The Balaban J connectivity index is 2.03. The van der Waals surface area contributed by atoms with E-state index in [9.17, 15) is 9.90 Å². The number of nitrogens with zero attached hydrogens (tertiary/aromatic N) is 1. The van der Waals surface area contributed by atoms with Crippen molar-refractivity contribution in [2.75, 3.05) is 33.9 Å². The molecule has 2 N–H and O–H groups in total. The molecular formula is C22H28N2O4. The maximum Gasteiger partial charge on any atom is 0.237 e. The van der Waals surface area contributed by atoms with E-state index in [1.54, 1.807) is 21.1 Å². The van der Waals surface area contributed by atoms with Gasteiger partial charge in [0, 0.05) is 18.7 Å². The molecule has 3 rings (SSSR count). The fourth-order valence-corrected chi connectivity index (χ4v) is 3.78. The molecule has 0 aromatic heterocycles. The predicted octanol–water partition coefficient (Wildman–Crippen LogP) is 2.15. The van der Waals surface area contributed by atoms with Gasteiger partial charge >= 0.3 is 0 Å². The van der Waals surface area contributed by atoms with Gasteiger partial charge in [0.15, 0.2) is 11.5 Å². The van der Waals surface area contributed by atoms with Crippen LogP contribution in [0.3, 0.4) is 0 Å². The second-order valence-electron chi connectivity index (χ2n) is 7.00. The molecule has 2 atom stereocenters. The molecule has 1 aliphatic rings. The molecule has 0 saturated heterocycles. The molecule has 0 saturated carbocycles. The number of hydrogen-bond donors (Lipinski definition) is 2. The Morgan fingerprint density at radius 2 is 1.96 bits per heavy atom. The molecule has 0 fully saturated rings. The Kier molecular flexibility index (Phi) is 6.54. The second kappa shape index (κ2) is 9.08. The number of amides is 1. The summed E-state index contributed by atoms with van der Waals surface area (Å²) >= 11 is 0. The van der Waals surface area contributed by atoms with Gasteiger partial charge in [-0.25, -0.2) is 0 Å². The van der Waals surface area contributed by atoms with Crippen molar-refractivity contribution < 1.29 is 19.4 Å². The minimum atomic E-state index is -0.496. The Bertz CT molecular complexity index is 808. The molecule has 2 aromatic rings. The van der Waals surface area contributed by atoms with Gasteiger partial charge in [-0.1, -0.05) is 36.4 Å². The highest BCUT2D eigenvalue weighted by atomic mass is 16.5. The normalized spacial score (nSPS) is 17.0. The maximum atomic E-state index is 13.0. The Morgan fingerprint density at radius 1 is 1.21 bits per heavy atom. The topological polar surface area (TPSA) is 71.0 Å². The average Bonchev–Trinajstić information content (AvgIpc) is 2.72. The number of benzene rings is 2. The van der Waals surface area contributed by atoms with Crippen LogP contribution in [0.1, 0.15) is 29.7 Å². The molecule has 2 aromatic carbocycles. The number of methoxy groups -OCH3 is 2. The van der Waals surface area contributed by atoms with Gasteiger partial charge in [0.2, 0.25) is 5.91 Å². The number of carbonyl (C=O) groups is 1. The minimum Gasteiger partial charge on any atom is -0.493 e. The fraction of sp³-hybridized carbons (Fsp3) is 0.409. The van der Waals surface area contributed by atoms with E-state index in [0.29, 0.717) is 24.6 Å². The van der Waals surface area contributed by atoms with Gasteiger partial charge in [0.05, 0.1) is 32.9 Å². The smallest absolute Gasteiger partial charge is 0.237 e. The fourth-order valence-electron chi connectivity index (χ4n) is 3.78. The second-order valence-corrected chi connectivity index (χ2v) is 7.00. The first kappa shape index (κ1) is 20.2. The van der Waals surface area contributed by atoms with Crippen molar-refractivity contribution in [2.24, 2.45) is 0 Å². The van der Waals surface area contributed by atoms with E-state index in [2.05, 4.69) is 11.4 Å². The third-order valence-corrected chi connectivity index (χ3v) is 5.03. The van der Waals surface area contributed by atoms with E-state index in [1.807, 2.05) is 41.3 Å². The highest BCUT2D eigenvalue weighted by Gasteiger charge is 2.35. The maximum absolute atomic E-state index is 13.0. The van der Waals surface area contributed by atoms with Crippen molar-refractivity contribution in [2.45, 2.75) is 25.5 Å². The van der Waals surface area contributed by atoms with Gasteiger partial charge in [-0.05, 0) is 30.5 Å². The van der Waals surface area contributed by atoms with Crippen LogP contribution in [0.25, 0.3) is 0 Å². The van der Waals surface area contributed by atoms with E-state index in [-0.39, 0.29) is 18.5 Å². The molecule has 1 amide bonds. The number of aliphatic hydroxyl groups is 1. The molecule has 0 radical (unpaired) electrons. The molecule has 6 nitrogen and oxygen atoms in total. The van der Waals surface area contributed by atoms with Crippen molar-refractivity contribution >= 4 is 5.91 Å². The first-order valence-corrected chi connectivity index (χ1v) is 9.53. The van der Waals surface area contributed by atoms with Crippen LogP contribution in [-0.4, -0.2) is 55.9 Å². The predicted molar refractivity (Wildman–Crippen MR) is 108 cm³/mol. The molecule has 1 aliphatic heterocycles. The first-order chi connectivity index (χ1) is 13.6. The summed E-state index contributed by atoms with van der Waals surface area (Å²) in [7, 11) is 3.25. The minimum absolute atomic E-state index is 0.00924. The quantitative estimate of drug-likeness (QED) is 0.765. The lowest BCUT2D eigenvalue weighted by atomic mass is 9.87. The van der Waals surface area contributed by atoms with Crippen molar-refractivity contribution in [1.82, 2.24) is 10.2 Å². The van der Waals surface area contributed by atoms with Crippen molar-refractivity contribution in [1.29, 1.82) is 0 Å². The number of carbonyl (C=O) groups excluding carboxylic acids is 1. The van der Waals surface area contributed by atoms with Gasteiger partial charge in [-0.2, -0.15) is 0 Å². The van der Waals surface area contributed by atoms with Crippen LogP contribution < -0.4 is 14.8 Å². The zero-order chi connectivity index (χ0) is 20.1. The molecule has 0 spiro atoms. The third kappa shape index (κ3) is 4.13. The Labute approximate surface area is 166 Å². The summed E-state index contributed by atoms with van der Waals surface area (Å²) in [5, 5.41) is 12.5. The van der Waals surface area contributed by atoms with Crippen LogP contribution in [0.15, 0.2) is 42.5 Å². The van der Waals surface area contributed by atoms with E-state index >= 15 is 0 Å². The highest BCUT2D eigenvalue weighted by molar-refractivity contribution is 5.80. The van der Waals surface area contributed by atoms with Crippen molar-refractivity contribution in [3.8, 4) is 11.5 Å². The molecule has 28 heavy (non-hydrogen) atoms. The summed E-state index contributed by atoms with van der Waals surface area (Å²) in [5.41, 5.74) is 3.16. The lowest BCUT2D eigenvalue weighted by Crippen LogP contribution is -2.45. The summed E-state index contributed by atoms with van der Waals surface area (Å²) in [6, 6.07) is 13.7. The summed E-state index contributed by atoms with van der Waals surface area (Å²) in [6.45, 7) is 2.87. The van der Waals surface area contributed by atoms with Gasteiger partial charge in [0.1, 0.15) is 0 Å². The SMILES string of the molecule is COc1ccc2c(c1OC)C(c1ccccc1)N(C(=O)CNC[C@@H](C)O)CC2. The molecule has 0 bridgehead atoms. The summed E-state index contributed by atoms with van der Waals surface area (Å²) in [6.07, 6.45) is 0.255. The van der Waals surface area contributed by atoms with Gasteiger partial charge in [0.25, 0.3) is 0 Å². The largest absolute Gasteiger partial charge is 0.493 e. The molecule has 150 valence electrons. The number of aliphatic hydroxyl groups excluding tert-OH is 1. The summed E-state index contributed by atoms with van der Waals surface area (Å²) in [4.78, 5) is 14.9. The Morgan fingerprint density at radius 3 is 2.61 bits per heavy atom. The highest BCUT2D eigenvalue weighted by Crippen LogP contribution is 2.44. The van der Waals surface area contributed by atoms with E-state index in [0.717, 1.165) is 23.1 Å². The zero-order valence-electron chi connectivity index (χ0n) is 16.6. The lowest BCUT2D eigenvalue weighted by molar-refractivity contribution is -0.132. The van der Waals surface area contributed by atoms with Gasteiger partial charge in [-0.15, -0.1) is 0 Å². The molecule has 1 heterocycles. The van der Waals surface area contributed by atoms with Gasteiger partial charge < -0.3 is 24.8 Å². The molecule has 0 aliphatic carbocycles. The third-order valence-electron chi connectivity index (χ3n) is 5.03. The lowest BCUT2D eigenvalue weighted by Gasteiger charge is -2.39. The van der Waals surface area contributed by atoms with Crippen molar-refractivity contribution in [3.05, 3.63) is 59.2 Å². The van der Waals surface area contributed by atoms with Crippen LogP contribution in [0.2, 0.25) is 0 Å². The first-order valence-electron chi connectivity index (χ1n) is 9.53. The summed E-state index contributed by atoms with van der Waals surface area (Å²) < 4.78 is 11.2. The van der Waals surface area contributed by atoms with Crippen LogP contribution in [0.4, 0.5) is 0 Å². The molecular weight excluding hydrogens is 356 g/mol. The molecule has 6 heteroatoms. The Hall–Kier alpha value is -2.57. The summed E-state index contributed by atoms with van der Waals surface area (Å²) in [5.74, 6) is 1.32. The average molecular weight is 384 g/mol. The van der Waals surface area contributed by atoms with Crippen LogP contribution >= 0.6 is 0 Å². The van der Waals surface area contributed by atoms with E-state index in [4.69, 9.17) is 9.47 Å². The van der Waals surface area contributed by atoms with Crippen LogP contribution in [0.5, 0.6) is 11.5 Å². The number of rotatable bonds is 7. The van der Waals surface area contributed by atoms with Crippen molar-refractivity contribution in [3.63, 3.8) is 0 Å². The monoisotopic (exact) mass is 384 g/mol. The van der Waals surface area contributed by atoms with Gasteiger partial charge in [-0.3, -0.25) is 4.79 Å². The number of fused-ring (bicyclic) bond motifs is 1. The van der Waals surface area contributed by atoms with Crippen LogP contribution in [0, 0.1) is 0 Å².